The zero-order chi connectivity index (χ0) is 24.5. The van der Waals surface area contributed by atoms with Crippen LogP contribution in [0.5, 0.6) is 11.5 Å². The number of rotatable bonds is 10. The van der Waals surface area contributed by atoms with Crippen LogP contribution in [-0.4, -0.2) is 18.7 Å². The van der Waals surface area contributed by atoms with E-state index in [0.717, 1.165) is 26.7 Å². The molecular formula is C26H25Cl2IN2O3. The standard InChI is InChI=1S/C26H25Cl2IN2O3/c1-3-17-5-7-18(8-6-17)13-25(32)31-30-15-19-11-23(29)26(24(12-19)33-4-2)34-16-20-9-10-21(27)14-22(20)28/h5-12,14-15H,3-4,13,16H2,1-2H3,(H,31,32)/b30-15+. The summed E-state index contributed by atoms with van der Waals surface area (Å²) in [5.74, 6) is 1.02. The first-order valence-corrected chi connectivity index (χ1v) is 12.7. The Morgan fingerprint density at radius 1 is 1.03 bits per heavy atom. The molecule has 0 saturated heterocycles. The van der Waals surface area contributed by atoms with Crippen LogP contribution in [0.25, 0.3) is 0 Å². The third-order valence-electron chi connectivity index (χ3n) is 4.92. The number of nitrogens with one attached hydrogen (secondary N) is 1. The van der Waals surface area contributed by atoms with Crippen molar-refractivity contribution in [1.82, 2.24) is 5.43 Å². The van der Waals surface area contributed by atoms with E-state index < -0.39 is 0 Å². The van der Waals surface area contributed by atoms with E-state index in [-0.39, 0.29) is 18.9 Å². The number of halogens is 3. The number of aryl methyl sites for hydroxylation is 1. The van der Waals surface area contributed by atoms with Crippen molar-refractivity contribution in [2.75, 3.05) is 6.61 Å². The lowest BCUT2D eigenvalue weighted by Crippen LogP contribution is -2.19. The van der Waals surface area contributed by atoms with Gasteiger partial charge < -0.3 is 9.47 Å². The van der Waals surface area contributed by atoms with Gasteiger partial charge in [-0.2, -0.15) is 5.10 Å². The number of hydrogen-bond acceptors (Lipinski definition) is 4. The average molecular weight is 611 g/mol. The second-order valence-electron chi connectivity index (χ2n) is 7.43. The van der Waals surface area contributed by atoms with Crippen molar-refractivity contribution in [3.63, 3.8) is 0 Å². The van der Waals surface area contributed by atoms with E-state index in [1.807, 2.05) is 49.4 Å². The molecule has 0 aromatic heterocycles. The van der Waals surface area contributed by atoms with Crippen molar-refractivity contribution in [1.29, 1.82) is 0 Å². The Morgan fingerprint density at radius 3 is 2.44 bits per heavy atom. The van der Waals surface area contributed by atoms with Crippen molar-refractivity contribution in [2.24, 2.45) is 5.10 Å². The van der Waals surface area contributed by atoms with Crippen LogP contribution < -0.4 is 14.9 Å². The van der Waals surface area contributed by atoms with E-state index in [1.54, 1.807) is 18.3 Å². The number of ether oxygens (including phenoxy) is 2. The van der Waals surface area contributed by atoms with Gasteiger partial charge in [-0.3, -0.25) is 4.79 Å². The Labute approximate surface area is 223 Å². The number of carbonyl (C=O) groups excluding carboxylic acids is 1. The highest BCUT2D eigenvalue weighted by Gasteiger charge is 2.13. The van der Waals surface area contributed by atoms with Crippen LogP contribution in [0.4, 0.5) is 0 Å². The Kier molecular flexibility index (Phi) is 10.0. The first-order valence-electron chi connectivity index (χ1n) is 10.8. The molecule has 1 N–H and O–H groups in total. The minimum Gasteiger partial charge on any atom is -0.490 e. The maximum atomic E-state index is 12.2. The zero-order valence-electron chi connectivity index (χ0n) is 18.9. The number of hydrazone groups is 1. The van der Waals surface area contributed by atoms with E-state index in [0.29, 0.717) is 28.2 Å². The number of benzene rings is 3. The third-order valence-corrected chi connectivity index (χ3v) is 6.31. The summed E-state index contributed by atoms with van der Waals surface area (Å²) < 4.78 is 12.7. The predicted octanol–water partition coefficient (Wildman–Crippen LogP) is 6.83. The lowest BCUT2D eigenvalue weighted by Gasteiger charge is -2.15. The van der Waals surface area contributed by atoms with E-state index in [1.165, 1.54) is 5.56 Å². The highest BCUT2D eigenvalue weighted by molar-refractivity contribution is 14.1. The van der Waals surface area contributed by atoms with Gasteiger partial charge in [0.2, 0.25) is 5.91 Å². The summed E-state index contributed by atoms with van der Waals surface area (Å²) in [5, 5.41) is 5.22. The highest BCUT2D eigenvalue weighted by Crippen LogP contribution is 2.35. The Bertz CT molecular complexity index is 1170. The smallest absolute Gasteiger partial charge is 0.244 e. The average Bonchev–Trinajstić information content (AvgIpc) is 2.80. The minimum absolute atomic E-state index is 0.181. The van der Waals surface area contributed by atoms with Gasteiger partial charge in [-0.25, -0.2) is 5.43 Å². The zero-order valence-corrected chi connectivity index (χ0v) is 22.6. The van der Waals surface area contributed by atoms with Crippen molar-refractivity contribution in [3.8, 4) is 11.5 Å². The van der Waals surface area contributed by atoms with Crippen LogP contribution >= 0.6 is 45.8 Å². The van der Waals surface area contributed by atoms with Gasteiger partial charge in [0.15, 0.2) is 11.5 Å². The molecule has 0 aliphatic rings. The number of hydrogen-bond donors (Lipinski definition) is 1. The normalized spacial score (nSPS) is 11.0. The fourth-order valence-electron chi connectivity index (χ4n) is 3.15. The molecule has 34 heavy (non-hydrogen) atoms. The molecule has 3 aromatic carbocycles. The van der Waals surface area contributed by atoms with Gasteiger partial charge in [-0.05, 0) is 76.9 Å². The van der Waals surface area contributed by atoms with E-state index in [2.05, 4.69) is 40.0 Å². The molecule has 0 saturated carbocycles. The molecular weight excluding hydrogens is 586 g/mol. The van der Waals surface area contributed by atoms with Crippen molar-refractivity contribution in [3.05, 3.63) is 90.5 Å². The SMILES string of the molecule is CCOc1cc(/C=N/NC(=O)Cc2ccc(CC)cc2)cc(I)c1OCc1ccc(Cl)cc1Cl. The Morgan fingerprint density at radius 2 is 1.76 bits per heavy atom. The van der Waals surface area contributed by atoms with E-state index in [9.17, 15) is 4.79 Å². The molecule has 0 radical (unpaired) electrons. The third kappa shape index (κ3) is 7.61. The van der Waals surface area contributed by atoms with Crippen LogP contribution in [0.15, 0.2) is 59.7 Å². The fraction of sp³-hybridized carbons (Fsp3) is 0.231. The van der Waals surface area contributed by atoms with Gasteiger partial charge in [0.25, 0.3) is 0 Å². The van der Waals surface area contributed by atoms with Crippen LogP contribution in [0.1, 0.15) is 36.1 Å². The number of amides is 1. The van der Waals surface area contributed by atoms with E-state index in [4.69, 9.17) is 32.7 Å². The van der Waals surface area contributed by atoms with Gasteiger partial charge in [0.1, 0.15) is 6.61 Å². The summed E-state index contributed by atoms with van der Waals surface area (Å²) in [6.45, 7) is 4.75. The molecule has 0 heterocycles. The van der Waals surface area contributed by atoms with Gasteiger partial charge in [0.05, 0.1) is 22.8 Å². The second-order valence-corrected chi connectivity index (χ2v) is 9.43. The molecule has 0 fully saturated rings. The summed E-state index contributed by atoms with van der Waals surface area (Å²) >= 11 is 14.4. The molecule has 0 aliphatic carbocycles. The molecule has 3 aromatic rings. The molecule has 0 aliphatic heterocycles. The Balaban J connectivity index is 1.66. The Hall–Kier alpha value is -2.29. The van der Waals surface area contributed by atoms with Gasteiger partial charge >= 0.3 is 0 Å². The molecule has 0 atom stereocenters. The minimum atomic E-state index is -0.181. The highest BCUT2D eigenvalue weighted by atomic mass is 127. The lowest BCUT2D eigenvalue weighted by atomic mass is 10.1. The summed E-state index contributed by atoms with van der Waals surface area (Å²) in [6, 6.07) is 17.0. The largest absolute Gasteiger partial charge is 0.490 e. The van der Waals surface area contributed by atoms with Crippen LogP contribution in [0.2, 0.25) is 10.0 Å². The van der Waals surface area contributed by atoms with Gasteiger partial charge in [-0.1, -0.05) is 60.5 Å². The second kappa shape index (κ2) is 13.0. The predicted molar refractivity (Wildman–Crippen MR) is 146 cm³/mol. The summed E-state index contributed by atoms with van der Waals surface area (Å²) in [4.78, 5) is 12.2. The summed E-state index contributed by atoms with van der Waals surface area (Å²) in [6.07, 6.45) is 2.82. The van der Waals surface area contributed by atoms with Crippen molar-refractivity contribution >= 4 is 57.9 Å². The van der Waals surface area contributed by atoms with Crippen LogP contribution in [0.3, 0.4) is 0 Å². The van der Waals surface area contributed by atoms with Crippen molar-refractivity contribution in [2.45, 2.75) is 33.3 Å². The monoisotopic (exact) mass is 610 g/mol. The van der Waals surface area contributed by atoms with Gasteiger partial charge in [-0.15, -0.1) is 0 Å². The quantitative estimate of drug-likeness (QED) is 0.155. The maximum Gasteiger partial charge on any atom is 0.244 e. The molecule has 3 rings (SSSR count). The van der Waals surface area contributed by atoms with Gasteiger partial charge in [0, 0.05) is 15.6 Å². The maximum absolute atomic E-state index is 12.2. The number of carbonyl (C=O) groups is 1. The van der Waals surface area contributed by atoms with Crippen molar-refractivity contribution < 1.29 is 14.3 Å². The first-order chi connectivity index (χ1) is 16.4. The molecule has 0 unspecified atom stereocenters. The summed E-state index contributed by atoms with van der Waals surface area (Å²) in [5.41, 5.74) is 6.36. The molecule has 178 valence electrons. The molecule has 0 spiro atoms. The van der Waals surface area contributed by atoms with Crippen LogP contribution in [0, 0.1) is 3.57 Å². The molecule has 8 heteroatoms. The summed E-state index contributed by atoms with van der Waals surface area (Å²) in [7, 11) is 0. The van der Waals surface area contributed by atoms with E-state index >= 15 is 0 Å². The fourth-order valence-corrected chi connectivity index (χ4v) is 4.39. The molecule has 1 amide bonds. The topological polar surface area (TPSA) is 59.9 Å². The lowest BCUT2D eigenvalue weighted by molar-refractivity contribution is -0.120. The molecule has 5 nitrogen and oxygen atoms in total. The number of nitrogens with zero attached hydrogens (tertiary/aromatic N) is 1. The molecule has 0 bridgehead atoms. The first kappa shape index (κ1) is 26.3. The van der Waals surface area contributed by atoms with Crippen LogP contribution in [-0.2, 0) is 24.2 Å².